The van der Waals surface area contributed by atoms with E-state index in [0.29, 0.717) is 5.41 Å². The van der Waals surface area contributed by atoms with Crippen molar-refractivity contribution in [2.24, 2.45) is 5.41 Å². The molecule has 1 aromatic rings. The summed E-state index contributed by atoms with van der Waals surface area (Å²) in [5.74, 6) is 0. The van der Waals surface area contributed by atoms with Crippen molar-refractivity contribution in [3.05, 3.63) is 35.4 Å². The molecule has 1 aromatic carbocycles. The van der Waals surface area contributed by atoms with E-state index in [0.717, 1.165) is 31.6 Å². The fourth-order valence-corrected chi connectivity index (χ4v) is 3.25. The number of aryl methyl sites for hydroxylation is 1. The van der Waals surface area contributed by atoms with Crippen LogP contribution in [0.1, 0.15) is 57.3 Å². The molecule has 1 unspecified atom stereocenters. The summed E-state index contributed by atoms with van der Waals surface area (Å²) in [6.07, 6.45) is 4.47. The Kier molecular flexibility index (Phi) is 5.22. The van der Waals surface area contributed by atoms with E-state index in [-0.39, 0.29) is 6.10 Å². The van der Waals surface area contributed by atoms with Crippen LogP contribution in [0.3, 0.4) is 0 Å². The molecule has 1 heterocycles. The highest BCUT2D eigenvalue weighted by Crippen LogP contribution is 2.29. The Morgan fingerprint density at radius 1 is 1.25 bits per heavy atom. The summed E-state index contributed by atoms with van der Waals surface area (Å²) in [4.78, 5) is 2.41. The number of hydrogen-bond donors (Lipinski definition) is 1. The summed E-state index contributed by atoms with van der Waals surface area (Å²) in [6.45, 7) is 9.82. The highest BCUT2D eigenvalue weighted by Gasteiger charge is 2.27. The van der Waals surface area contributed by atoms with E-state index in [1.54, 1.807) is 0 Å². The maximum Gasteiger partial charge on any atom is 0.0916 e. The minimum Gasteiger partial charge on any atom is -0.387 e. The normalized spacial score (nSPS) is 20.8. The quantitative estimate of drug-likeness (QED) is 0.883. The van der Waals surface area contributed by atoms with Crippen LogP contribution in [-0.2, 0) is 6.42 Å². The van der Waals surface area contributed by atoms with Crippen molar-refractivity contribution in [1.29, 1.82) is 0 Å². The zero-order chi connectivity index (χ0) is 14.6. The van der Waals surface area contributed by atoms with Gasteiger partial charge in [0.05, 0.1) is 6.10 Å². The van der Waals surface area contributed by atoms with Crippen LogP contribution in [-0.4, -0.2) is 29.6 Å². The van der Waals surface area contributed by atoms with Gasteiger partial charge in [-0.3, -0.25) is 4.90 Å². The van der Waals surface area contributed by atoms with Crippen molar-refractivity contribution in [2.75, 3.05) is 19.6 Å². The van der Waals surface area contributed by atoms with Gasteiger partial charge in [-0.1, -0.05) is 51.5 Å². The second kappa shape index (κ2) is 6.73. The monoisotopic (exact) mass is 275 g/mol. The lowest BCUT2D eigenvalue weighted by molar-refractivity contribution is 0.0598. The van der Waals surface area contributed by atoms with Gasteiger partial charge in [0, 0.05) is 13.1 Å². The van der Waals surface area contributed by atoms with Crippen molar-refractivity contribution in [1.82, 2.24) is 4.90 Å². The Labute approximate surface area is 123 Å². The van der Waals surface area contributed by atoms with Gasteiger partial charge in [0.15, 0.2) is 0 Å². The summed E-state index contributed by atoms with van der Waals surface area (Å²) < 4.78 is 0. The van der Waals surface area contributed by atoms with Crippen molar-refractivity contribution >= 4 is 0 Å². The third-order valence-corrected chi connectivity index (χ3v) is 4.31. The standard InChI is InChI=1S/C18H29NO/c1-4-6-15-7-9-16(10-8-15)17(20)13-19-12-5-11-18(2,3)14-19/h7-10,17,20H,4-6,11-14H2,1-3H3. The molecule has 0 radical (unpaired) electrons. The Morgan fingerprint density at radius 3 is 2.55 bits per heavy atom. The lowest BCUT2D eigenvalue weighted by Crippen LogP contribution is -2.41. The van der Waals surface area contributed by atoms with Gasteiger partial charge >= 0.3 is 0 Å². The van der Waals surface area contributed by atoms with Gasteiger partial charge in [0.2, 0.25) is 0 Å². The van der Waals surface area contributed by atoms with E-state index in [9.17, 15) is 5.11 Å². The van der Waals surface area contributed by atoms with E-state index >= 15 is 0 Å². The lowest BCUT2D eigenvalue weighted by atomic mass is 9.84. The third-order valence-electron chi connectivity index (χ3n) is 4.31. The molecule has 1 N–H and O–H groups in total. The van der Waals surface area contributed by atoms with E-state index < -0.39 is 0 Å². The van der Waals surface area contributed by atoms with Gasteiger partial charge in [-0.2, -0.15) is 0 Å². The van der Waals surface area contributed by atoms with Crippen molar-refractivity contribution in [3.63, 3.8) is 0 Å². The molecular weight excluding hydrogens is 246 g/mol. The third kappa shape index (κ3) is 4.32. The molecule has 2 nitrogen and oxygen atoms in total. The van der Waals surface area contributed by atoms with Crippen LogP contribution in [0.2, 0.25) is 0 Å². The number of hydrogen-bond acceptors (Lipinski definition) is 2. The van der Waals surface area contributed by atoms with E-state index in [1.807, 2.05) is 0 Å². The van der Waals surface area contributed by atoms with Gasteiger partial charge < -0.3 is 5.11 Å². The number of likely N-dealkylation sites (tertiary alicyclic amines) is 1. The zero-order valence-corrected chi connectivity index (χ0v) is 13.2. The average Bonchev–Trinajstić information content (AvgIpc) is 2.38. The fraction of sp³-hybridized carbons (Fsp3) is 0.667. The Balaban J connectivity index is 1.92. The second-order valence-corrected chi connectivity index (χ2v) is 7.01. The summed E-state index contributed by atoms with van der Waals surface area (Å²) in [5.41, 5.74) is 2.80. The number of aliphatic hydroxyl groups is 1. The molecule has 0 spiro atoms. The molecule has 2 heteroatoms. The number of rotatable bonds is 5. The first-order valence-electron chi connectivity index (χ1n) is 7.99. The van der Waals surface area contributed by atoms with Crippen LogP contribution in [0.4, 0.5) is 0 Å². The number of β-amino-alcohol motifs (C(OH)–C–C–N with tert-alkyl or cyclic N) is 1. The van der Waals surface area contributed by atoms with Gasteiger partial charge in [-0.25, -0.2) is 0 Å². The van der Waals surface area contributed by atoms with Crippen molar-refractivity contribution < 1.29 is 5.11 Å². The van der Waals surface area contributed by atoms with E-state index in [4.69, 9.17) is 0 Å². The number of benzene rings is 1. The minimum absolute atomic E-state index is 0.362. The molecule has 20 heavy (non-hydrogen) atoms. The molecule has 0 bridgehead atoms. The van der Waals surface area contributed by atoms with Crippen LogP contribution in [0.5, 0.6) is 0 Å². The van der Waals surface area contributed by atoms with Crippen molar-refractivity contribution in [2.45, 2.75) is 52.6 Å². The van der Waals surface area contributed by atoms with Crippen molar-refractivity contribution in [3.8, 4) is 0 Å². The van der Waals surface area contributed by atoms with Crippen LogP contribution in [0, 0.1) is 5.41 Å². The van der Waals surface area contributed by atoms with Gasteiger partial charge in [0.1, 0.15) is 0 Å². The molecule has 0 aliphatic carbocycles. The molecule has 0 aromatic heterocycles. The predicted molar refractivity (Wildman–Crippen MR) is 84.9 cm³/mol. The van der Waals surface area contributed by atoms with E-state index in [1.165, 1.54) is 24.8 Å². The first kappa shape index (κ1) is 15.5. The lowest BCUT2D eigenvalue weighted by Gasteiger charge is -2.38. The molecule has 112 valence electrons. The molecule has 1 aliphatic heterocycles. The Morgan fingerprint density at radius 2 is 1.95 bits per heavy atom. The predicted octanol–water partition coefficient (Wildman–Crippen LogP) is 3.79. The maximum atomic E-state index is 10.4. The molecule has 0 saturated carbocycles. The van der Waals surface area contributed by atoms with Gasteiger partial charge in [0.25, 0.3) is 0 Å². The summed E-state index contributed by atoms with van der Waals surface area (Å²) in [7, 11) is 0. The van der Waals surface area contributed by atoms with Crippen LogP contribution >= 0.6 is 0 Å². The molecule has 2 rings (SSSR count). The average molecular weight is 275 g/mol. The largest absolute Gasteiger partial charge is 0.387 e. The molecule has 1 saturated heterocycles. The maximum absolute atomic E-state index is 10.4. The minimum atomic E-state index is -0.362. The molecular formula is C18H29NO. The van der Waals surface area contributed by atoms with Crippen LogP contribution < -0.4 is 0 Å². The topological polar surface area (TPSA) is 23.5 Å². The molecule has 1 aliphatic rings. The van der Waals surface area contributed by atoms with Gasteiger partial charge in [-0.05, 0) is 42.3 Å². The smallest absolute Gasteiger partial charge is 0.0916 e. The van der Waals surface area contributed by atoms with Gasteiger partial charge in [-0.15, -0.1) is 0 Å². The molecule has 1 atom stereocenters. The SMILES string of the molecule is CCCc1ccc(C(O)CN2CCCC(C)(C)C2)cc1. The Bertz CT molecular complexity index is 410. The second-order valence-electron chi connectivity index (χ2n) is 7.01. The van der Waals surface area contributed by atoms with E-state index in [2.05, 4.69) is 49.9 Å². The van der Waals surface area contributed by atoms with Crippen LogP contribution in [0.25, 0.3) is 0 Å². The first-order chi connectivity index (χ1) is 9.50. The number of nitrogens with zero attached hydrogens (tertiary/aromatic N) is 1. The number of piperidine rings is 1. The number of aliphatic hydroxyl groups excluding tert-OH is 1. The zero-order valence-electron chi connectivity index (χ0n) is 13.2. The highest BCUT2D eigenvalue weighted by molar-refractivity contribution is 5.24. The molecule has 0 amide bonds. The van der Waals surface area contributed by atoms with Crippen LogP contribution in [0.15, 0.2) is 24.3 Å². The first-order valence-corrected chi connectivity index (χ1v) is 7.99. The highest BCUT2D eigenvalue weighted by atomic mass is 16.3. The summed E-state index contributed by atoms with van der Waals surface area (Å²) >= 11 is 0. The fourth-order valence-electron chi connectivity index (χ4n) is 3.25. The summed E-state index contributed by atoms with van der Waals surface area (Å²) in [6, 6.07) is 8.49. The summed E-state index contributed by atoms with van der Waals surface area (Å²) in [5, 5.41) is 10.4. The molecule has 1 fully saturated rings. The Hall–Kier alpha value is -0.860.